The quantitative estimate of drug-likeness (QED) is 0.868. The summed E-state index contributed by atoms with van der Waals surface area (Å²) < 4.78 is 27.9. The second-order valence-electron chi connectivity index (χ2n) is 5.99. The van der Waals surface area contributed by atoms with Crippen LogP contribution in [0.1, 0.15) is 43.4 Å². The lowest BCUT2D eigenvalue weighted by molar-refractivity contribution is 0.408. The third-order valence-electron chi connectivity index (χ3n) is 4.89. The number of fused-ring (bicyclic) bond motifs is 1. The Bertz CT molecular complexity index is 476. The molecule has 0 aliphatic heterocycles. The lowest BCUT2D eigenvalue weighted by Crippen LogP contribution is -2.25. The molecule has 0 radical (unpaired) electrons. The fraction of sp³-hybridized carbons (Fsp3) is 0.625. The minimum atomic E-state index is -0.301. The first kappa shape index (κ1) is 13.0. The van der Waals surface area contributed by atoms with Gasteiger partial charge >= 0.3 is 0 Å². The molecular formula is C16H21F2N. The van der Waals surface area contributed by atoms with Gasteiger partial charge in [0.15, 0.2) is 0 Å². The largest absolute Gasteiger partial charge is 0.310 e. The molecule has 2 aliphatic rings. The first-order valence-electron chi connectivity index (χ1n) is 7.32. The van der Waals surface area contributed by atoms with Gasteiger partial charge in [0.05, 0.1) is 0 Å². The van der Waals surface area contributed by atoms with E-state index in [4.69, 9.17) is 0 Å². The van der Waals surface area contributed by atoms with E-state index in [0.717, 1.165) is 18.4 Å². The van der Waals surface area contributed by atoms with Crippen molar-refractivity contribution in [3.05, 3.63) is 34.9 Å². The molecule has 3 atom stereocenters. The van der Waals surface area contributed by atoms with Crippen LogP contribution in [-0.2, 0) is 0 Å². The molecule has 1 nitrogen and oxygen atoms in total. The van der Waals surface area contributed by atoms with Gasteiger partial charge < -0.3 is 5.32 Å². The number of hydrogen-bond donors (Lipinski definition) is 1. The average Bonchev–Trinajstić information content (AvgIpc) is 2.82. The minimum absolute atomic E-state index is 0.0181. The fourth-order valence-corrected chi connectivity index (χ4v) is 3.94. The summed E-state index contributed by atoms with van der Waals surface area (Å²) in [5.74, 6) is 1.39. The van der Waals surface area contributed by atoms with Crippen molar-refractivity contribution in [3.8, 4) is 0 Å². The van der Waals surface area contributed by atoms with Crippen LogP contribution in [0.5, 0.6) is 0 Å². The number of benzene rings is 1. The van der Waals surface area contributed by atoms with Crippen molar-refractivity contribution in [1.29, 1.82) is 0 Å². The molecule has 104 valence electrons. The molecule has 1 N–H and O–H groups in total. The molecule has 1 aromatic carbocycles. The Morgan fingerprint density at radius 1 is 1.21 bits per heavy atom. The van der Waals surface area contributed by atoms with Crippen LogP contribution in [0.2, 0.25) is 0 Å². The van der Waals surface area contributed by atoms with Gasteiger partial charge in [0.25, 0.3) is 0 Å². The van der Waals surface area contributed by atoms with Gasteiger partial charge in [-0.1, -0.05) is 13.3 Å². The molecule has 3 rings (SSSR count). The Morgan fingerprint density at radius 3 is 2.53 bits per heavy atom. The Morgan fingerprint density at radius 2 is 1.89 bits per heavy atom. The molecular weight excluding hydrogens is 244 g/mol. The standard InChI is InChI=1S/C16H21F2N/c1-3-19-16(15-10-5-4-6-11(10)15)12-8-13(17)9(2)7-14(12)18/h7-8,10-11,15-16,19H,3-6H2,1-2H3. The van der Waals surface area contributed by atoms with Gasteiger partial charge in [-0.3, -0.25) is 0 Å². The Labute approximate surface area is 113 Å². The van der Waals surface area contributed by atoms with Gasteiger partial charge in [-0.25, -0.2) is 8.78 Å². The van der Waals surface area contributed by atoms with Crippen molar-refractivity contribution < 1.29 is 8.78 Å². The highest BCUT2D eigenvalue weighted by atomic mass is 19.1. The summed E-state index contributed by atoms with van der Waals surface area (Å²) in [6, 6.07) is 2.70. The summed E-state index contributed by atoms with van der Waals surface area (Å²) in [5.41, 5.74) is 0.900. The number of aryl methyl sites for hydroxylation is 1. The molecule has 0 bridgehead atoms. The van der Waals surface area contributed by atoms with E-state index in [2.05, 4.69) is 5.32 Å². The minimum Gasteiger partial charge on any atom is -0.310 e. The molecule has 0 heterocycles. The maximum Gasteiger partial charge on any atom is 0.128 e. The highest BCUT2D eigenvalue weighted by Gasteiger charge is 2.56. The van der Waals surface area contributed by atoms with Crippen LogP contribution in [0.25, 0.3) is 0 Å². The van der Waals surface area contributed by atoms with Crippen LogP contribution in [0.3, 0.4) is 0 Å². The second-order valence-corrected chi connectivity index (χ2v) is 5.99. The average molecular weight is 265 g/mol. The normalized spacial score (nSPS) is 30.2. The van der Waals surface area contributed by atoms with Crippen molar-refractivity contribution in [2.75, 3.05) is 6.54 Å². The van der Waals surface area contributed by atoms with E-state index in [1.807, 2.05) is 6.92 Å². The summed E-state index contributed by atoms with van der Waals surface area (Å²) in [5, 5.41) is 3.37. The first-order chi connectivity index (χ1) is 9.13. The summed E-state index contributed by atoms with van der Waals surface area (Å²) in [6.07, 6.45) is 3.82. The zero-order valence-electron chi connectivity index (χ0n) is 11.5. The van der Waals surface area contributed by atoms with E-state index in [9.17, 15) is 8.78 Å². The molecule has 3 unspecified atom stereocenters. The second kappa shape index (κ2) is 4.86. The molecule has 0 aromatic heterocycles. The van der Waals surface area contributed by atoms with Crippen LogP contribution in [0.4, 0.5) is 8.78 Å². The first-order valence-corrected chi connectivity index (χ1v) is 7.32. The topological polar surface area (TPSA) is 12.0 Å². The zero-order chi connectivity index (χ0) is 13.6. The van der Waals surface area contributed by atoms with Crippen molar-refractivity contribution in [2.45, 2.75) is 39.2 Å². The van der Waals surface area contributed by atoms with Crippen molar-refractivity contribution in [3.63, 3.8) is 0 Å². The molecule has 0 saturated heterocycles. The van der Waals surface area contributed by atoms with Crippen molar-refractivity contribution in [2.24, 2.45) is 17.8 Å². The lowest BCUT2D eigenvalue weighted by Gasteiger charge is -2.21. The van der Waals surface area contributed by atoms with Crippen molar-refractivity contribution >= 4 is 0 Å². The number of rotatable bonds is 4. The van der Waals surface area contributed by atoms with E-state index < -0.39 is 0 Å². The maximum atomic E-state index is 14.2. The van der Waals surface area contributed by atoms with E-state index in [0.29, 0.717) is 17.0 Å². The van der Waals surface area contributed by atoms with Gasteiger partial charge in [-0.2, -0.15) is 0 Å². The Hall–Kier alpha value is -0.960. The summed E-state index contributed by atoms with van der Waals surface area (Å²) in [4.78, 5) is 0. The predicted molar refractivity (Wildman–Crippen MR) is 71.8 cm³/mol. The van der Waals surface area contributed by atoms with E-state index in [1.54, 1.807) is 6.92 Å². The third-order valence-corrected chi connectivity index (χ3v) is 4.89. The molecule has 2 saturated carbocycles. The van der Waals surface area contributed by atoms with Crippen LogP contribution in [0, 0.1) is 36.3 Å². The number of nitrogens with one attached hydrogen (secondary N) is 1. The summed E-state index contributed by atoms with van der Waals surface area (Å²) >= 11 is 0. The molecule has 0 amide bonds. The zero-order valence-corrected chi connectivity index (χ0v) is 11.5. The summed E-state index contributed by atoms with van der Waals surface area (Å²) in [7, 11) is 0. The molecule has 3 heteroatoms. The van der Waals surface area contributed by atoms with Gasteiger partial charge in [0.2, 0.25) is 0 Å². The SMILES string of the molecule is CCNC(c1cc(F)c(C)cc1F)C1C2CCCC21. The Kier molecular flexibility index (Phi) is 3.34. The Balaban J connectivity index is 1.90. The van der Waals surface area contributed by atoms with Crippen LogP contribution in [0.15, 0.2) is 12.1 Å². The van der Waals surface area contributed by atoms with E-state index in [1.165, 1.54) is 31.4 Å². The molecule has 0 spiro atoms. The van der Waals surface area contributed by atoms with Crippen LogP contribution < -0.4 is 5.32 Å². The van der Waals surface area contributed by atoms with Crippen molar-refractivity contribution in [1.82, 2.24) is 5.32 Å². The molecule has 2 aliphatic carbocycles. The van der Waals surface area contributed by atoms with E-state index >= 15 is 0 Å². The number of hydrogen-bond acceptors (Lipinski definition) is 1. The van der Waals surface area contributed by atoms with Gasteiger partial charge in [0, 0.05) is 11.6 Å². The molecule has 2 fully saturated rings. The van der Waals surface area contributed by atoms with Crippen LogP contribution >= 0.6 is 0 Å². The van der Waals surface area contributed by atoms with Gasteiger partial charge in [-0.15, -0.1) is 0 Å². The smallest absolute Gasteiger partial charge is 0.128 e. The van der Waals surface area contributed by atoms with Gasteiger partial charge in [-0.05, 0) is 61.8 Å². The van der Waals surface area contributed by atoms with Gasteiger partial charge in [0.1, 0.15) is 11.6 Å². The van der Waals surface area contributed by atoms with E-state index in [-0.39, 0.29) is 17.7 Å². The lowest BCUT2D eigenvalue weighted by atomic mass is 9.95. The molecule has 1 aromatic rings. The highest BCUT2D eigenvalue weighted by molar-refractivity contribution is 5.30. The highest BCUT2D eigenvalue weighted by Crippen LogP contribution is 2.62. The predicted octanol–water partition coefficient (Wildman–Crippen LogP) is 3.97. The summed E-state index contributed by atoms with van der Waals surface area (Å²) in [6.45, 7) is 4.42. The molecule has 19 heavy (non-hydrogen) atoms. The maximum absolute atomic E-state index is 14.2. The fourth-order valence-electron chi connectivity index (χ4n) is 3.94. The van der Waals surface area contributed by atoms with Crippen LogP contribution in [-0.4, -0.2) is 6.54 Å². The third kappa shape index (κ3) is 2.18. The number of halogens is 2. The monoisotopic (exact) mass is 265 g/mol.